The smallest absolute Gasteiger partial charge is 0.257 e. The topological polar surface area (TPSA) is 47.6 Å². The molecule has 1 fully saturated rings. The summed E-state index contributed by atoms with van der Waals surface area (Å²) in [4.78, 5) is 11.7. The highest BCUT2D eigenvalue weighted by Gasteiger charge is 2.13. The van der Waals surface area contributed by atoms with Gasteiger partial charge < -0.3 is 14.8 Å². The van der Waals surface area contributed by atoms with E-state index in [4.69, 9.17) is 9.47 Å². The van der Waals surface area contributed by atoms with E-state index >= 15 is 0 Å². The first-order valence-electron chi connectivity index (χ1n) is 7.78. The largest absolute Gasteiger partial charge is 0.484 e. The maximum Gasteiger partial charge on any atom is 0.257 e. The number of hydrogen-bond donors (Lipinski definition) is 1. The Hall–Kier alpha value is -1.55. The fraction of sp³-hybridized carbons (Fsp3) is 0.588. The van der Waals surface area contributed by atoms with Crippen molar-refractivity contribution in [2.45, 2.75) is 32.6 Å². The molecule has 1 heterocycles. The SMILES string of the molecule is Cc1ccc(OCC(=O)NCCCC2CCOCC2)cc1. The van der Waals surface area contributed by atoms with Crippen LogP contribution >= 0.6 is 0 Å². The predicted octanol–water partition coefficient (Wildman–Crippen LogP) is 2.70. The van der Waals surface area contributed by atoms with Gasteiger partial charge in [0.1, 0.15) is 5.75 Å². The zero-order chi connectivity index (χ0) is 14.9. The van der Waals surface area contributed by atoms with Crippen molar-refractivity contribution in [3.05, 3.63) is 29.8 Å². The Morgan fingerprint density at radius 2 is 2.00 bits per heavy atom. The number of amides is 1. The molecule has 4 nitrogen and oxygen atoms in total. The third kappa shape index (κ3) is 6.17. The van der Waals surface area contributed by atoms with E-state index in [0.717, 1.165) is 50.7 Å². The lowest BCUT2D eigenvalue weighted by molar-refractivity contribution is -0.123. The van der Waals surface area contributed by atoms with E-state index in [0.29, 0.717) is 0 Å². The number of aryl methyl sites for hydroxylation is 1. The van der Waals surface area contributed by atoms with E-state index in [1.165, 1.54) is 12.0 Å². The Bertz CT molecular complexity index is 424. The van der Waals surface area contributed by atoms with E-state index in [1.807, 2.05) is 31.2 Å². The van der Waals surface area contributed by atoms with Gasteiger partial charge in [-0.05, 0) is 50.7 Å². The number of ether oxygens (including phenoxy) is 2. The zero-order valence-corrected chi connectivity index (χ0v) is 12.8. The molecule has 0 saturated carbocycles. The molecule has 116 valence electrons. The summed E-state index contributed by atoms with van der Waals surface area (Å²) < 4.78 is 10.8. The van der Waals surface area contributed by atoms with Crippen molar-refractivity contribution in [2.24, 2.45) is 5.92 Å². The maximum atomic E-state index is 11.7. The van der Waals surface area contributed by atoms with Gasteiger partial charge in [0.2, 0.25) is 0 Å². The standard InChI is InChI=1S/C17H25NO3/c1-14-4-6-16(7-5-14)21-13-17(19)18-10-2-3-15-8-11-20-12-9-15/h4-7,15H,2-3,8-13H2,1H3,(H,18,19). The maximum absolute atomic E-state index is 11.7. The second kappa shape index (κ2) is 8.67. The molecule has 1 aromatic rings. The Labute approximate surface area is 126 Å². The molecule has 0 atom stereocenters. The molecular formula is C17H25NO3. The van der Waals surface area contributed by atoms with Crippen LogP contribution in [0.5, 0.6) is 5.75 Å². The third-order valence-electron chi connectivity index (χ3n) is 3.84. The molecule has 1 aliphatic heterocycles. The van der Waals surface area contributed by atoms with Crippen molar-refractivity contribution in [1.29, 1.82) is 0 Å². The Morgan fingerprint density at radius 1 is 1.29 bits per heavy atom. The number of nitrogens with one attached hydrogen (secondary N) is 1. The minimum atomic E-state index is -0.0532. The molecule has 0 radical (unpaired) electrons. The molecule has 1 saturated heterocycles. The van der Waals surface area contributed by atoms with E-state index < -0.39 is 0 Å². The molecular weight excluding hydrogens is 266 g/mol. The molecule has 0 spiro atoms. The first-order chi connectivity index (χ1) is 10.2. The van der Waals surface area contributed by atoms with Crippen LogP contribution in [0, 0.1) is 12.8 Å². The second-order valence-electron chi connectivity index (χ2n) is 5.65. The molecule has 1 N–H and O–H groups in total. The predicted molar refractivity (Wildman–Crippen MR) is 82.5 cm³/mol. The van der Waals surface area contributed by atoms with E-state index in [9.17, 15) is 4.79 Å². The lowest BCUT2D eigenvalue weighted by atomic mass is 9.95. The summed E-state index contributed by atoms with van der Waals surface area (Å²) in [5.74, 6) is 1.44. The van der Waals surface area contributed by atoms with Gasteiger partial charge in [-0.3, -0.25) is 4.79 Å². The summed E-state index contributed by atoms with van der Waals surface area (Å²) in [6, 6.07) is 7.71. The van der Waals surface area contributed by atoms with Gasteiger partial charge in [0.05, 0.1) is 0 Å². The number of benzene rings is 1. The molecule has 1 amide bonds. The summed E-state index contributed by atoms with van der Waals surface area (Å²) in [5, 5.41) is 2.91. The van der Waals surface area contributed by atoms with Crippen molar-refractivity contribution in [3.8, 4) is 5.75 Å². The summed E-state index contributed by atoms with van der Waals surface area (Å²) in [7, 11) is 0. The van der Waals surface area contributed by atoms with Gasteiger partial charge >= 0.3 is 0 Å². The van der Waals surface area contributed by atoms with Crippen LogP contribution in [-0.2, 0) is 9.53 Å². The molecule has 21 heavy (non-hydrogen) atoms. The number of rotatable bonds is 7. The van der Waals surface area contributed by atoms with E-state index in [-0.39, 0.29) is 12.5 Å². The second-order valence-corrected chi connectivity index (χ2v) is 5.65. The Kier molecular flexibility index (Phi) is 6.54. The molecule has 0 aliphatic carbocycles. The van der Waals surface area contributed by atoms with Crippen molar-refractivity contribution in [1.82, 2.24) is 5.32 Å². The van der Waals surface area contributed by atoms with Gasteiger partial charge in [-0.15, -0.1) is 0 Å². The quantitative estimate of drug-likeness (QED) is 0.786. The normalized spacial score (nSPS) is 15.7. The van der Waals surface area contributed by atoms with Crippen LogP contribution in [0.3, 0.4) is 0 Å². The van der Waals surface area contributed by atoms with Crippen molar-refractivity contribution >= 4 is 5.91 Å². The van der Waals surface area contributed by atoms with Gasteiger partial charge in [0.15, 0.2) is 6.61 Å². The van der Waals surface area contributed by atoms with E-state index in [2.05, 4.69) is 5.32 Å². The van der Waals surface area contributed by atoms with Gasteiger partial charge in [0.25, 0.3) is 5.91 Å². The highest BCUT2D eigenvalue weighted by molar-refractivity contribution is 5.77. The van der Waals surface area contributed by atoms with Gasteiger partial charge in [-0.1, -0.05) is 17.7 Å². The minimum Gasteiger partial charge on any atom is -0.484 e. The highest BCUT2D eigenvalue weighted by Crippen LogP contribution is 2.19. The summed E-state index contributed by atoms with van der Waals surface area (Å²) in [6.45, 7) is 4.62. The number of carbonyl (C=O) groups is 1. The van der Waals surface area contributed by atoms with Crippen LogP contribution in [0.2, 0.25) is 0 Å². The molecule has 1 aliphatic rings. The molecule has 2 rings (SSSR count). The summed E-state index contributed by atoms with van der Waals surface area (Å²) in [6.07, 6.45) is 4.51. The van der Waals surface area contributed by atoms with Gasteiger partial charge in [-0.2, -0.15) is 0 Å². The fourth-order valence-corrected chi connectivity index (χ4v) is 2.49. The molecule has 0 aromatic heterocycles. The molecule has 4 heteroatoms. The third-order valence-corrected chi connectivity index (χ3v) is 3.84. The van der Waals surface area contributed by atoms with Gasteiger partial charge in [0, 0.05) is 19.8 Å². The number of carbonyl (C=O) groups excluding carboxylic acids is 1. The Balaban J connectivity index is 1.54. The fourth-order valence-electron chi connectivity index (χ4n) is 2.49. The van der Waals surface area contributed by atoms with Crippen LogP contribution in [0.1, 0.15) is 31.2 Å². The van der Waals surface area contributed by atoms with Gasteiger partial charge in [-0.25, -0.2) is 0 Å². The Morgan fingerprint density at radius 3 is 2.71 bits per heavy atom. The first-order valence-corrected chi connectivity index (χ1v) is 7.78. The van der Waals surface area contributed by atoms with Crippen LogP contribution in [0.25, 0.3) is 0 Å². The summed E-state index contributed by atoms with van der Waals surface area (Å²) in [5.41, 5.74) is 1.18. The van der Waals surface area contributed by atoms with Crippen molar-refractivity contribution in [2.75, 3.05) is 26.4 Å². The molecule has 1 aromatic carbocycles. The van der Waals surface area contributed by atoms with Crippen molar-refractivity contribution < 1.29 is 14.3 Å². The van der Waals surface area contributed by atoms with Crippen LogP contribution in [0.15, 0.2) is 24.3 Å². The van der Waals surface area contributed by atoms with E-state index in [1.54, 1.807) is 0 Å². The lowest BCUT2D eigenvalue weighted by Gasteiger charge is -2.21. The minimum absolute atomic E-state index is 0.0532. The highest BCUT2D eigenvalue weighted by atomic mass is 16.5. The molecule has 0 unspecified atom stereocenters. The molecule has 0 bridgehead atoms. The number of hydrogen-bond acceptors (Lipinski definition) is 3. The summed E-state index contributed by atoms with van der Waals surface area (Å²) >= 11 is 0. The van der Waals surface area contributed by atoms with Crippen LogP contribution in [0.4, 0.5) is 0 Å². The average molecular weight is 291 g/mol. The average Bonchev–Trinajstić information content (AvgIpc) is 2.52. The van der Waals surface area contributed by atoms with Crippen LogP contribution < -0.4 is 10.1 Å². The van der Waals surface area contributed by atoms with Crippen molar-refractivity contribution in [3.63, 3.8) is 0 Å². The lowest BCUT2D eigenvalue weighted by Crippen LogP contribution is -2.30. The monoisotopic (exact) mass is 291 g/mol. The van der Waals surface area contributed by atoms with Crippen LogP contribution in [-0.4, -0.2) is 32.3 Å². The first kappa shape index (κ1) is 15.8. The zero-order valence-electron chi connectivity index (χ0n) is 12.8.